The zero-order chi connectivity index (χ0) is 11.1. The molecule has 2 atom stereocenters. The summed E-state index contributed by atoms with van der Waals surface area (Å²) in [4.78, 5) is 6.97. The first-order valence-corrected chi connectivity index (χ1v) is 6.58. The fourth-order valence-corrected chi connectivity index (χ4v) is 3.15. The Morgan fingerprint density at radius 3 is 3.06 bits per heavy atom. The molecule has 16 heavy (non-hydrogen) atoms. The van der Waals surface area contributed by atoms with E-state index >= 15 is 0 Å². The molecule has 2 aliphatic heterocycles. The van der Waals surface area contributed by atoms with Crippen molar-refractivity contribution in [3.63, 3.8) is 0 Å². The average molecular weight is 279 g/mol. The van der Waals surface area contributed by atoms with E-state index in [1.54, 1.807) is 0 Å². The standard InChI is InChI=1S/C13H15BrN2/c1-16-11-2-3-12(16)7-9(6-11)13-8-10(14)4-5-15-13/h4-6,8,11-12H,2-3,7H2,1H3. The van der Waals surface area contributed by atoms with E-state index in [0.29, 0.717) is 6.04 Å². The van der Waals surface area contributed by atoms with Crippen molar-refractivity contribution in [1.82, 2.24) is 9.88 Å². The number of nitrogens with zero attached hydrogens (tertiary/aromatic N) is 2. The predicted molar refractivity (Wildman–Crippen MR) is 69.1 cm³/mol. The average Bonchev–Trinajstić information content (AvgIpc) is 2.53. The molecule has 3 heteroatoms. The third kappa shape index (κ3) is 1.72. The van der Waals surface area contributed by atoms with Crippen molar-refractivity contribution in [1.29, 1.82) is 0 Å². The Morgan fingerprint density at radius 2 is 2.31 bits per heavy atom. The van der Waals surface area contributed by atoms with E-state index in [0.717, 1.165) is 22.6 Å². The maximum atomic E-state index is 4.47. The Balaban J connectivity index is 1.95. The topological polar surface area (TPSA) is 16.1 Å². The molecule has 84 valence electrons. The lowest BCUT2D eigenvalue weighted by Gasteiger charge is -2.30. The van der Waals surface area contributed by atoms with Gasteiger partial charge in [0.1, 0.15) is 0 Å². The smallest absolute Gasteiger partial charge is 0.0670 e. The Bertz CT molecular complexity index is 441. The molecule has 1 aromatic rings. The summed E-state index contributed by atoms with van der Waals surface area (Å²) in [5.74, 6) is 0. The van der Waals surface area contributed by atoms with Crippen LogP contribution < -0.4 is 0 Å². The molecular formula is C13H15BrN2. The quantitative estimate of drug-likeness (QED) is 0.785. The highest BCUT2D eigenvalue weighted by atomic mass is 79.9. The van der Waals surface area contributed by atoms with Crippen LogP contribution in [0.1, 0.15) is 25.0 Å². The maximum absolute atomic E-state index is 4.47. The second-order valence-corrected chi connectivity index (χ2v) is 5.63. The van der Waals surface area contributed by atoms with Gasteiger partial charge in [-0.2, -0.15) is 0 Å². The Labute approximate surface area is 104 Å². The van der Waals surface area contributed by atoms with Crippen LogP contribution in [0, 0.1) is 0 Å². The van der Waals surface area contributed by atoms with E-state index in [2.05, 4.69) is 45.0 Å². The highest BCUT2D eigenvalue weighted by Gasteiger charge is 2.34. The number of hydrogen-bond acceptors (Lipinski definition) is 2. The number of hydrogen-bond donors (Lipinski definition) is 0. The van der Waals surface area contributed by atoms with Crippen LogP contribution in [0.25, 0.3) is 5.57 Å². The fraction of sp³-hybridized carbons (Fsp3) is 0.462. The zero-order valence-corrected chi connectivity index (χ0v) is 10.9. The number of aromatic nitrogens is 1. The molecule has 0 saturated carbocycles. The summed E-state index contributed by atoms with van der Waals surface area (Å²) in [5, 5.41) is 0. The molecule has 2 nitrogen and oxygen atoms in total. The summed E-state index contributed by atoms with van der Waals surface area (Å²) < 4.78 is 1.12. The summed E-state index contributed by atoms with van der Waals surface area (Å²) in [7, 11) is 2.24. The van der Waals surface area contributed by atoms with Crippen molar-refractivity contribution < 1.29 is 0 Å². The first kappa shape index (κ1) is 10.5. The van der Waals surface area contributed by atoms with Gasteiger partial charge in [-0.3, -0.25) is 9.88 Å². The third-order valence-electron chi connectivity index (χ3n) is 3.79. The monoisotopic (exact) mass is 278 g/mol. The van der Waals surface area contributed by atoms with Crippen molar-refractivity contribution >= 4 is 21.5 Å². The van der Waals surface area contributed by atoms with Crippen LogP contribution >= 0.6 is 15.9 Å². The van der Waals surface area contributed by atoms with Crippen molar-refractivity contribution in [2.24, 2.45) is 0 Å². The predicted octanol–water partition coefficient (Wildman–Crippen LogP) is 3.09. The van der Waals surface area contributed by atoms with Crippen LogP contribution in [-0.2, 0) is 0 Å². The van der Waals surface area contributed by atoms with Gasteiger partial charge in [-0.15, -0.1) is 0 Å². The minimum absolute atomic E-state index is 0.634. The van der Waals surface area contributed by atoms with Crippen molar-refractivity contribution in [3.05, 3.63) is 34.6 Å². The maximum Gasteiger partial charge on any atom is 0.0670 e. The van der Waals surface area contributed by atoms with E-state index in [-0.39, 0.29) is 0 Å². The first-order valence-electron chi connectivity index (χ1n) is 5.78. The third-order valence-corrected chi connectivity index (χ3v) is 4.29. The molecule has 1 fully saturated rings. The largest absolute Gasteiger partial charge is 0.297 e. The second kappa shape index (κ2) is 3.97. The number of rotatable bonds is 1. The summed E-state index contributed by atoms with van der Waals surface area (Å²) in [5.41, 5.74) is 2.56. The number of pyridine rings is 1. The summed E-state index contributed by atoms with van der Waals surface area (Å²) >= 11 is 3.51. The van der Waals surface area contributed by atoms with Crippen LogP contribution in [0.4, 0.5) is 0 Å². The molecule has 1 aromatic heterocycles. The van der Waals surface area contributed by atoms with Gasteiger partial charge >= 0.3 is 0 Å². The molecule has 1 saturated heterocycles. The van der Waals surface area contributed by atoms with Gasteiger partial charge in [-0.05, 0) is 44.0 Å². The van der Waals surface area contributed by atoms with Crippen molar-refractivity contribution in [2.45, 2.75) is 31.3 Å². The fourth-order valence-electron chi connectivity index (χ4n) is 2.81. The lowest BCUT2D eigenvalue weighted by Crippen LogP contribution is -2.34. The number of likely N-dealkylation sites (N-methyl/N-ethyl adjacent to an activating group) is 1. The molecule has 0 N–H and O–H groups in total. The second-order valence-electron chi connectivity index (χ2n) is 4.72. The van der Waals surface area contributed by atoms with Gasteiger partial charge in [0, 0.05) is 22.8 Å². The van der Waals surface area contributed by atoms with Gasteiger partial charge in [0.2, 0.25) is 0 Å². The van der Waals surface area contributed by atoms with E-state index in [4.69, 9.17) is 0 Å². The van der Waals surface area contributed by atoms with E-state index in [1.165, 1.54) is 18.4 Å². The van der Waals surface area contributed by atoms with Crippen molar-refractivity contribution in [3.8, 4) is 0 Å². The van der Waals surface area contributed by atoms with Crippen LogP contribution in [-0.4, -0.2) is 29.0 Å². The minimum atomic E-state index is 0.634. The van der Waals surface area contributed by atoms with Gasteiger partial charge in [0.25, 0.3) is 0 Å². The molecule has 0 aliphatic carbocycles. The molecule has 0 spiro atoms. The Kier molecular flexibility index (Phi) is 2.60. The van der Waals surface area contributed by atoms with Gasteiger partial charge < -0.3 is 0 Å². The highest BCUT2D eigenvalue weighted by Crippen LogP contribution is 2.37. The van der Waals surface area contributed by atoms with Gasteiger partial charge in [0.05, 0.1) is 5.69 Å². The van der Waals surface area contributed by atoms with E-state index < -0.39 is 0 Å². The molecule has 2 bridgehead atoms. The van der Waals surface area contributed by atoms with Crippen LogP contribution in [0.5, 0.6) is 0 Å². The normalized spacial score (nSPS) is 29.2. The lowest BCUT2D eigenvalue weighted by atomic mass is 9.99. The molecular weight excluding hydrogens is 264 g/mol. The number of fused-ring (bicyclic) bond motifs is 2. The SMILES string of the molecule is CN1C2C=C(c3cc(Br)ccn3)CC1CC2. The first-order chi connectivity index (χ1) is 7.74. The molecule has 3 rings (SSSR count). The van der Waals surface area contributed by atoms with Gasteiger partial charge in [0.15, 0.2) is 0 Å². The summed E-state index contributed by atoms with van der Waals surface area (Å²) in [6.07, 6.45) is 8.06. The lowest BCUT2D eigenvalue weighted by molar-refractivity contribution is 0.264. The van der Waals surface area contributed by atoms with Crippen LogP contribution in [0.2, 0.25) is 0 Å². The Hall–Kier alpha value is -0.670. The van der Waals surface area contributed by atoms with Crippen molar-refractivity contribution in [2.75, 3.05) is 7.05 Å². The number of halogens is 1. The van der Waals surface area contributed by atoms with Gasteiger partial charge in [-0.25, -0.2) is 0 Å². The van der Waals surface area contributed by atoms with Crippen LogP contribution in [0.3, 0.4) is 0 Å². The molecule has 3 heterocycles. The highest BCUT2D eigenvalue weighted by molar-refractivity contribution is 9.10. The molecule has 2 unspecified atom stereocenters. The zero-order valence-electron chi connectivity index (χ0n) is 9.36. The summed E-state index contributed by atoms with van der Waals surface area (Å²) in [6.45, 7) is 0. The molecule has 0 radical (unpaired) electrons. The minimum Gasteiger partial charge on any atom is -0.297 e. The van der Waals surface area contributed by atoms with E-state index in [1.807, 2.05) is 12.3 Å². The van der Waals surface area contributed by atoms with Crippen LogP contribution in [0.15, 0.2) is 28.9 Å². The molecule has 0 aromatic carbocycles. The molecule has 2 aliphatic rings. The Morgan fingerprint density at radius 1 is 1.44 bits per heavy atom. The van der Waals surface area contributed by atoms with E-state index in [9.17, 15) is 0 Å². The van der Waals surface area contributed by atoms with Gasteiger partial charge in [-0.1, -0.05) is 22.0 Å². The summed E-state index contributed by atoms with van der Waals surface area (Å²) in [6, 6.07) is 5.46. The molecule has 0 amide bonds.